The van der Waals surface area contributed by atoms with Gasteiger partial charge in [0, 0.05) is 12.6 Å². The minimum atomic E-state index is -1.15. The van der Waals surface area contributed by atoms with E-state index in [-0.39, 0.29) is 12.1 Å². The van der Waals surface area contributed by atoms with E-state index in [0.717, 1.165) is 25.7 Å². The number of hydrogen-bond acceptors (Lipinski definition) is 2. The van der Waals surface area contributed by atoms with Crippen molar-refractivity contribution >= 4 is 0 Å². The largest absolute Gasteiger partial charge is 0.387 e. The van der Waals surface area contributed by atoms with Gasteiger partial charge in [-0.05, 0) is 43.2 Å². The maximum absolute atomic E-state index is 13.5. The van der Waals surface area contributed by atoms with E-state index in [1.54, 1.807) is 0 Å². The van der Waals surface area contributed by atoms with Crippen LogP contribution in [0.1, 0.15) is 51.2 Å². The molecule has 1 fully saturated rings. The molecule has 0 radical (unpaired) electrons. The zero-order valence-electron chi connectivity index (χ0n) is 12.1. The van der Waals surface area contributed by atoms with E-state index in [9.17, 15) is 13.9 Å². The SMILES string of the molecule is CC1(C)CCC(NCC(O)c2c(F)cccc2F)CC1. The van der Waals surface area contributed by atoms with Crippen molar-refractivity contribution in [2.24, 2.45) is 5.41 Å². The van der Waals surface area contributed by atoms with Gasteiger partial charge in [0.05, 0.1) is 11.7 Å². The molecule has 1 atom stereocenters. The van der Waals surface area contributed by atoms with E-state index in [2.05, 4.69) is 19.2 Å². The molecule has 2 rings (SSSR count). The van der Waals surface area contributed by atoms with Crippen LogP contribution in [0.3, 0.4) is 0 Å². The average Bonchev–Trinajstić information content (AvgIpc) is 2.37. The second kappa shape index (κ2) is 6.19. The maximum Gasteiger partial charge on any atom is 0.131 e. The van der Waals surface area contributed by atoms with Crippen molar-refractivity contribution in [1.82, 2.24) is 5.32 Å². The van der Waals surface area contributed by atoms with Crippen LogP contribution in [0.15, 0.2) is 18.2 Å². The van der Waals surface area contributed by atoms with Crippen LogP contribution < -0.4 is 5.32 Å². The second-order valence-electron chi connectivity index (χ2n) is 6.50. The first-order chi connectivity index (χ1) is 9.39. The zero-order valence-corrected chi connectivity index (χ0v) is 12.1. The summed E-state index contributed by atoms with van der Waals surface area (Å²) in [5.41, 5.74) is 0.144. The molecule has 1 aromatic rings. The molecule has 1 aliphatic rings. The fourth-order valence-electron chi connectivity index (χ4n) is 2.81. The standard InChI is InChI=1S/C16H23F2NO/c1-16(2)8-6-11(7-9-16)19-10-14(20)15-12(17)4-3-5-13(15)18/h3-5,11,14,19-20H,6-10H2,1-2H3. The molecule has 1 saturated carbocycles. The highest BCUT2D eigenvalue weighted by Crippen LogP contribution is 2.35. The Morgan fingerprint density at radius 1 is 1.25 bits per heavy atom. The van der Waals surface area contributed by atoms with E-state index in [1.807, 2.05) is 0 Å². The van der Waals surface area contributed by atoms with Gasteiger partial charge in [-0.15, -0.1) is 0 Å². The van der Waals surface area contributed by atoms with Crippen molar-refractivity contribution in [1.29, 1.82) is 0 Å². The Labute approximate surface area is 119 Å². The lowest BCUT2D eigenvalue weighted by atomic mass is 9.75. The maximum atomic E-state index is 13.5. The minimum absolute atomic E-state index is 0.183. The number of nitrogens with one attached hydrogen (secondary N) is 1. The van der Waals surface area contributed by atoms with Gasteiger partial charge in [-0.3, -0.25) is 0 Å². The normalized spacial score (nSPS) is 20.9. The predicted molar refractivity (Wildman–Crippen MR) is 75.4 cm³/mol. The highest BCUT2D eigenvalue weighted by Gasteiger charge is 2.27. The van der Waals surface area contributed by atoms with Crippen molar-refractivity contribution in [3.8, 4) is 0 Å². The number of aliphatic hydroxyl groups excluding tert-OH is 1. The monoisotopic (exact) mass is 283 g/mol. The molecule has 1 aliphatic carbocycles. The van der Waals surface area contributed by atoms with Gasteiger partial charge in [-0.2, -0.15) is 0 Å². The summed E-state index contributed by atoms with van der Waals surface area (Å²) in [6.07, 6.45) is 3.20. The Balaban J connectivity index is 1.88. The molecule has 0 aliphatic heterocycles. The Bertz CT molecular complexity index is 432. The molecule has 0 bridgehead atoms. The second-order valence-corrected chi connectivity index (χ2v) is 6.50. The molecular formula is C16H23F2NO. The Morgan fingerprint density at radius 2 is 1.80 bits per heavy atom. The molecule has 0 heterocycles. The van der Waals surface area contributed by atoms with Crippen molar-refractivity contribution in [3.63, 3.8) is 0 Å². The number of halogens is 2. The summed E-state index contributed by atoms with van der Waals surface area (Å²) >= 11 is 0. The molecule has 20 heavy (non-hydrogen) atoms. The summed E-state index contributed by atoms with van der Waals surface area (Å²) in [5, 5.41) is 13.2. The van der Waals surface area contributed by atoms with Gasteiger partial charge in [0.25, 0.3) is 0 Å². The summed E-state index contributed by atoms with van der Waals surface area (Å²) in [6.45, 7) is 4.70. The minimum Gasteiger partial charge on any atom is -0.387 e. The molecule has 0 spiro atoms. The third-order valence-electron chi connectivity index (χ3n) is 4.27. The number of aliphatic hydroxyl groups is 1. The smallest absolute Gasteiger partial charge is 0.131 e. The molecule has 1 aromatic carbocycles. The lowest BCUT2D eigenvalue weighted by Gasteiger charge is -2.35. The lowest BCUT2D eigenvalue weighted by molar-refractivity contribution is 0.145. The van der Waals surface area contributed by atoms with Crippen molar-refractivity contribution in [2.75, 3.05) is 6.54 Å². The molecular weight excluding hydrogens is 260 g/mol. The Morgan fingerprint density at radius 3 is 2.35 bits per heavy atom. The molecule has 0 amide bonds. The summed E-state index contributed by atoms with van der Waals surface area (Å²) in [5.74, 6) is -1.38. The molecule has 0 saturated heterocycles. The quantitative estimate of drug-likeness (QED) is 0.885. The summed E-state index contributed by atoms with van der Waals surface area (Å²) < 4.78 is 27.1. The van der Waals surface area contributed by atoms with E-state index >= 15 is 0 Å². The van der Waals surface area contributed by atoms with Gasteiger partial charge in [0.15, 0.2) is 0 Å². The van der Waals surface area contributed by atoms with Crippen molar-refractivity contribution < 1.29 is 13.9 Å². The molecule has 0 aromatic heterocycles. The van der Waals surface area contributed by atoms with Gasteiger partial charge < -0.3 is 10.4 Å². The molecule has 2 N–H and O–H groups in total. The first kappa shape index (κ1) is 15.4. The van der Waals surface area contributed by atoms with E-state index in [0.29, 0.717) is 11.5 Å². The first-order valence-electron chi connectivity index (χ1n) is 7.24. The Hall–Kier alpha value is -1.00. The topological polar surface area (TPSA) is 32.3 Å². The van der Waals surface area contributed by atoms with Crippen molar-refractivity contribution in [2.45, 2.75) is 51.7 Å². The molecule has 2 nitrogen and oxygen atoms in total. The highest BCUT2D eigenvalue weighted by atomic mass is 19.1. The number of hydrogen-bond donors (Lipinski definition) is 2. The summed E-state index contributed by atoms with van der Waals surface area (Å²) in [7, 11) is 0. The van der Waals surface area contributed by atoms with Gasteiger partial charge >= 0.3 is 0 Å². The van der Waals surface area contributed by atoms with Crippen LogP contribution in [-0.4, -0.2) is 17.7 Å². The lowest BCUT2D eigenvalue weighted by Crippen LogP contribution is -2.37. The predicted octanol–water partition coefficient (Wildman–Crippen LogP) is 3.56. The fraction of sp³-hybridized carbons (Fsp3) is 0.625. The van der Waals surface area contributed by atoms with Crippen LogP contribution >= 0.6 is 0 Å². The molecule has 1 unspecified atom stereocenters. The van der Waals surface area contributed by atoms with E-state index < -0.39 is 17.7 Å². The number of benzene rings is 1. The van der Waals surface area contributed by atoms with Crippen molar-refractivity contribution in [3.05, 3.63) is 35.4 Å². The summed E-state index contributed by atoms with van der Waals surface area (Å²) in [4.78, 5) is 0. The third kappa shape index (κ3) is 3.76. The zero-order chi connectivity index (χ0) is 14.8. The van der Waals surface area contributed by atoms with Gasteiger partial charge in [0.1, 0.15) is 11.6 Å². The highest BCUT2D eigenvalue weighted by molar-refractivity contribution is 5.22. The van der Waals surface area contributed by atoms with Crippen LogP contribution in [0.2, 0.25) is 0 Å². The van der Waals surface area contributed by atoms with E-state index in [1.165, 1.54) is 18.2 Å². The van der Waals surface area contributed by atoms with Crippen LogP contribution in [0.4, 0.5) is 8.78 Å². The summed E-state index contributed by atoms with van der Waals surface area (Å²) in [6, 6.07) is 3.97. The molecule has 4 heteroatoms. The third-order valence-corrected chi connectivity index (χ3v) is 4.27. The van der Waals surface area contributed by atoms with Gasteiger partial charge in [-0.25, -0.2) is 8.78 Å². The van der Waals surface area contributed by atoms with Crippen LogP contribution in [-0.2, 0) is 0 Å². The van der Waals surface area contributed by atoms with Gasteiger partial charge in [-0.1, -0.05) is 19.9 Å². The Kier molecular flexibility index (Phi) is 4.76. The van der Waals surface area contributed by atoms with Crippen LogP contribution in [0.5, 0.6) is 0 Å². The fourth-order valence-corrected chi connectivity index (χ4v) is 2.81. The van der Waals surface area contributed by atoms with Gasteiger partial charge in [0.2, 0.25) is 0 Å². The number of rotatable bonds is 4. The van der Waals surface area contributed by atoms with Crippen LogP contribution in [0.25, 0.3) is 0 Å². The van der Waals surface area contributed by atoms with Crippen LogP contribution in [0, 0.1) is 17.0 Å². The molecule has 112 valence electrons. The average molecular weight is 283 g/mol. The van der Waals surface area contributed by atoms with E-state index in [4.69, 9.17) is 0 Å². The first-order valence-corrected chi connectivity index (χ1v) is 7.24.